The van der Waals surface area contributed by atoms with Gasteiger partial charge in [-0.25, -0.2) is 8.42 Å². The summed E-state index contributed by atoms with van der Waals surface area (Å²) in [5, 5.41) is 3.40. The van der Waals surface area contributed by atoms with Gasteiger partial charge in [0.1, 0.15) is 9.84 Å². The van der Waals surface area contributed by atoms with E-state index in [2.05, 4.69) is 24.1 Å². The average molecular weight is 276 g/mol. The molecule has 1 fully saturated rings. The number of likely N-dealkylation sites (N-methyl/N-ethyl adjacent to an activating group) is 2. The van der Waals surface area contributed by atoms with Crippen LogP contribution in [0.2, 0.25) is 0 Å². The highest BCUT2D eigenvalue weighted by molar-refractivity contribution is 7.90. The molecule has 0 heterocycles. The van der Waals surface area contributed by atoms with Gasteiger partial charge >= 0.3 is 0 Å². The number of rotatable bonds is 5. The first-order valence-electron chi connectivity index (χ1n) is 6.79. The van der Waals surface area contributed by atoms with Gasteiger partial charge in [0.2, 0.25) is 0 Å². The van der Waals surface area contributed by atoms with Gasteiger partial charge in [-0.15, -0.1) is 0 Å². The number of hydrogen-bond donors (Lipinski definition) is 1. The van der Waals surface area contributed by atoms with Gasteiger partial charge in [0.05, 0.1) is 5.75 Å². The lowest BCUT2D eigenvalue weighted by Crippen LogP contribution is -2.55. The third-order valence-corrected chi connectivity index (χ3v) is 5.04. The highest BCUT2D eigenvalue weighted by Crippen LogP contribution is 2.31. The summed E-state index contributed by atoms with van der Waals surface area (Å²) in [6.07, 6.45) is 3.71. The minimum absolute atomic E-state index is 0.249. The standard InChI is InChI=1S/C13H28N2O2S/c1-10-8-11(2)13(12(9-10)14-3)15(4)6-7-18(5,16)17/h10-14H,6-9H2,1-5H3. The van der Waals surface area contributed by atoms with Crippen LogP contribution in [0, 0.1) is 11.8 Å². The average Bonchev–Trinajstić information content (AvgIpc) is 2.23. The van der Waals surface area contributed by atoms with E-state index in [1.54, 1.807) is 0 Å². The fourth-order valence-corrected chi connectivity index (χ4v) is 3.95. The minimum Gasteiger partial charge on any atom is -0.315 e. The van der Waals surface area contributed by atoms with Crippen LogP contribution >= 0.6 is 0 Å². The summed E-state index contributed by atoms with van der Waals surface area (Å²) in [5.74, 6) is 1.60. The topological polar surface area (TPSA) is 49.4 Å². The second-order valence-corrected chi connectivity index (χ2v) is 8.31. The van der Waals surface area contributed by atoms with E-state index >= 15 is 0 Å². The maximum atomic E-state index is 11.3. The van der Waals surface area contributed by atoms with Crippen molar-refractivity contribution in [2.75, 3.05) is 32.6 Å². The Morgan fingerprint density at radius 1 is 1.28 bits per heavy atom. The maximum Gasteiger partial charge on any atom is 0.148 e. The van der Waals surface area contributed by atoms with Crippen molar-refractivity contribution in [1.29, 1.82) is 0 Å². The highest BCUT2D eigenvalue weighted by atomic mass is 32.2. The Hall–Kier alpha value is -0.130. The Labute approximate surface area is 112 Å². The SMILES string of the molecule is CNC1CC(C)CC(C)C1N(C)CCS(C)(=O)=O. The van der Waals surface area contributed by atoms with Gasteiger partial charge in [0.15, 0.2) is 0 Å². The monoisotopic (exact) mass is 276 g/mol. The van der Waals surface area contributed by atoms with Crippen LogP contribution in [-0.2, 0) is 9.84 Å². The molecule has 1 N–H and O–H groups in total. The molecule has 5 heteroatoms. The van der Waals surface area contributed by atoms with Crippen LogP contribution in [0.3, 0.4) is 0 Å². The number of hydrogen-bond acceptors (Lipinski definition) is 4. The van der Waals surface area contributed by atoms with Crippen molar-refractivity contribution in [1.82, 2.24) is 10.2 Å². The second-order valence-electron chi connectivity index (χ2n) is 6.05. The summed E-state index contributed by atoms with van der Waals surface area (Å²) >= 11 is 0. The van der Waals surface area contributed by atoms with E-state index in [1.807, 2.05) is 14.1 Å². The predicted molar refractivity (Wildman–Crippen MR) is 76.5 cm³/mol. The molecule has 0 aromatic carbocycles. The quantitative estimate of drug-likeness (QED) is 0.813. The molecule has 0 aliphatic heterocycles. The zero-order chi connectivity index (χ0) is 13.9. The predicted octanol–water partition coefficient (Wildman–Crippen LogP) is 0.985. The van der Waals surface area contributed by atoms with E-state index in [-0.39, 0.29) is 5.75 Å². The fraction of sp³-hybridized carbons (Fsp3) is 1.00. The zero-order valence-corrected chi connectivity index (χ0v) is 13.1. The molecule has 0 radical (unpaired) electrons. The Bertz CT molecular complexity index is 356. The smallest absolute Gasteiger partial charge is 0.148 e. The van der Waals surface area contributed by atoms with Crippen molar-refractivity contribution >= 4 is 9.84 Å². The Balaban J connectivity index is 2.66. The molecule has 1 rings (SSSR count). The van der Waals surface area contributed by atoms with Crippen LogP contribution in [0.5, 0.6) is 0 Å². The van der Waals surface area contributed by atoms with Gasteiger partial charge in [0.25, 0.3) is 0 Å². The van der Waals surface area contributed by atoms with E-state index < -0.39 is 9.84 Å². The van der Waals surface area contributed by atoms with Gasteiger partial charge in [-0.05, 0) is 38.8 Å². The lowest BCUT2D eigenvalue weighted by atomic mass is 9.76. The first-order chi connectivity index (χ1) is 8.24. The van der Waals surface area contributed by atoms with Crippen LogP contribution in [0.1, 0.15) is 26.7 Å². The van der Waals surface area contributed by atoms with E-state index in [0.29, 0.717) is 24.5 Å². The Morgan fingerprint density at radius 2 is 1.89 bits per heavy atom. The molecule has 0 spiro atoms. The largest absolute Gasteiger partial charge is 0.315 e. The minimum atomic E-state index is -2.87. The normalized spacial score (nSPS) is 33.9. The molecule has 0 bridgehead atoms. The van der Waals surface area contributed by atoms with E-state index in [4.69, 9.17) is 0 Å². The first kappa shape index (κ1) is 15.9. The van der Waals surface area contributed by atoms with E-state index in [9.17, 15) is 8.42 Å². The van der Waals surface area contributed by atoms with Gasteiger partial charge in [0, 0.05) is 24.9 Å². The molecular formula is C13H28N2O2S. The Kier molecular flexibility index (Phi) is 5.62. The maximum absolute atomic E-state index is 11.3. The number of sulfone groups is 1. The highest BCUT2D eigenvalue weighted by Gasteiger charge is 2.35. The van der Waals surface area contributed by atoms with Crippen molar-refractivity contribution < 1.29 is 8.42 Å². The van der Waals surface area contributed by atoms with Gasteiger partial charge in [-0.3, -0.25) is 0 Å². The van der Waals surface area contributed by atoms with Crippen molar-refractivity contribution in [3.63, 3.8) is 0 Å². The summed E-state index contributed by atoms with van der Waals surface area (Å²) < 4.78 is 22.5. The van der Waals surface area contributed by atoms with E-state index in [1.165, 1.54) is 19.1 Å². The molecule has 0 amide bonds. The fourth-order valence-electron chi connectivity index (χ4n) is 3.33. The van der Waals surface area contributed by atoms with E-state index in [0.717, 1.165) is 5.92 Å². The van der Waals surface area contributed by atoms with Crippen LogP contribution < -0.4 is 5.32 Å². The molecule has 0 aromatic rings. The van der Waals surface area contributed by atoms with Crippen LogP contribution in [0.25, 0.3) is 0 Å². The van der Waals surface area contributed by atoms with Crippen LogP contribution in [0.15, 0.2) is 0 Å². The van der Waals surface area contributed by atoms with Crippen molar-refractivity contribution in [3.05, 3.63) is 0 Å². The molecule has 18 heavy (non-hydrogen) atoms. The third kappa shape index (κ3) is 4.52. The Morgan fingerprint density at radius 3 is 2.39 bits per heavy atom. The van der Waals surface area contributed by atoms with Gasteiger partial charge < -0.3 is 10.2 Å². The van der Waals surface area contributed by atoms with Crippen LogP contribution in [-0.4, -0.2) is 58.1 Å². The lowest BCUT2D eigenvalue weighted by molar-refractivity contribution is 0.0881. The molecule has 108 valence electrons. The van der Waals surface area contributed by atoms with Gasteiger partial charge in [-0.2, -0.15) is 0 Å². The summed E-state index contributed by atoms with van der Waals surface area (Å²) in [4.78, 5) is 2.22. The first-order valence-corrected chi connectivity index (χ1v) is 8.86. The zero-order valence-electron chi connectivity index (χ0n) is 12.3. The lowest BCUT2D eigenvalue weighted by Gasteiger charge is -2.44. The number of nitrogens with zero attached hydrogens (tertiary/aromatic N) is 1. The van der Waals surface area contributed by atoms with Crippen molar-refractivity contribution in [3.8, 4) is 0 Å². The van der Waals surface area contributed by atoms with Crippen LogP contribution in [0.4, 0.5) is 0 Å². The second kappa shape index (κ2) is 6.35. The van der Waals surface area contributed by atoms with Crippen molar-refractivity contribution in [2.24, 2.45) is 11.8 Å². The number of nitrogens with one attached hydrogen (secondary N) is 1. The van der Waals surface area contributed by atoms with Crippen molar-refractivity contribution in [2.45, 2.75) is 38.8 Å². The molecule has 4 unspecified atom stereocenters. The molecule has 0 aromatic heterocycles. The molecule has 1 aliphatic carbocycles. The van der Waals surface area contributed by atoms with Gasteiger partial charge in [-0.1, -0.05) is 13.8 Å². The summed E-state index contributed by atoms with van der Waals surface area (Å²) in [6.45, 7) is 5.20. The molecule has 1 aliphatic rings. The molecule has 0 saturated heterocycles. The summed E-state index contributed by atoms with van der Waals surface area (Å²) in [7, 11) is 1.18. The summed E-state index contributed by atoms with van der Waals surface area (Å²) in [5.41, 5.74) is 0. The molecule has 4 atom stereocenters. The molecule has 4 nitrogen and oxygen atoms in total. The molecular weight excluding hydrogens is 248 g/mol. The third-order valence-electron chi connectivity index (χ3n) is 4.12. The summed E-state index contributed by atoms with van der Waals surface area (Å²) in [6, 6.07) is 0.904. The molecule has 1 saturated carbocycles.